The minimum atomic E-state index is -1.01. The number of carbonyl (C=O) groups is 2. The number of halogens is 1. The molecule has 1 atom stereocenters. The van der Waals surface area contributed by atoms with E-state index in [0.717, 1.165) is 0 Å². The number of aromatic carboxylic acids is 1. The zero-order valence-electron chi connectivity index (χ0n) is 10.9. The quantitative estimate of drug-likeness (QED) is 0.917. The highest BCUT2D eigenvalue weighted by Crippen LogP contribution is 2.36. The van der Waals surface area contributed by atoms with Gasteiger partial charge in [0.15, 0.2) is 5.78 Å². The highest BCUT2D eigenvalue weighted by molar-refractivity contribution is 6.31. The summed E-state index contributed by atoms with van der Waals surface area (Å²) in [6.07, 6.45) is -0.318. The molecule has 0 amide bonds. The molecule has 1 unspecified atom stereocenters. The monoisotopic (exact) mass is 302 g/mol. The topological polar surface area (TPSA) is 63.6 Å². The van der Waals surface area contributed by atoms with Crippen molar-refractivity contribution in [1.82, 2.24) is 0 Å². The van der Waals surface area contributed by atoms with E-state index in [1.807, 2.05) is 0 Å². The molecule has 0 radical (unpaired) electrons. The van der Waals surface area contributed by atoms with Gasteiger partial charge in [0.1, 0.15) is 11.9 Å². The van der Waals surface area contributed by atoms with Crippen LogP contribution in [-0.2, 0) is 0 Å². The van der Waals surface area contributed by atoms with Crippen molar-refractivity contribution in [2.75, 3.05) is 0 Å². The van der Waals surface area contributed by atoms with Crippen LogP contribution in [0.2, 0.25) is 5.02 Å². The van der Waals surface area contributed by atoms with Crippen LogP contribution in [0, 0.1) is 0 Å². The van der Waals surface area contributed by atoms with Gasteiger partial charge in [0, 0.05) is 5.02 Å². The van der Waals surface area contributed by atoms with Crippen LogP contribution in [-0.4, -0.2) is 16.9 Å². The number of benzene rings is 2. The van der Waals surface area contributed by atoms with Gasteiger partial charge in [0.2, 0.25) is 0 Å². The number of hydrogen-bond donors (Lipinski definition) is 1. The smallest absolute Gasteiger partial charge is 0.335 e. The highest BCUT2D eigenvalue weighted by Gasteiger charge is 2.28. The lowest BCUT2D eigenvalue weighted by Gasteiger charge is -2.25. The van der Waals surface area contributed by atoms with Crippen LogP contribution in [0.3, 0.4) is 0 Å². The lowest BCUT2D eigenvalue weighted by Crippen LogP contribution is -2.20. The number of hydrogen-bond acceptors (Lipinski definition) is 3. The Labute approximate surface area is 125 Å². The Morgan fingerprint density at radius 3 is 2.81 bits per heavy atom. The molecule has 0 bridgehead atoms. The van der Waals surface area contributed by atoms with Gasteiger partial charge in [-0.15, -0.1) is 0 Å². The molecule has 5 heteroatoms. The van der Waals surface area contributed by atoms with Crippen molar-refractivity contribution in [3.05, 3.63) is 64.2 Å². The molecule has 0 aliphatic carbocycles. The van der Waals surface area contributed by atoms with Crippen LogP contribution < -0.4 is 4.74 Å². The molecule has 0 aromatic heterocycles. The molecule has 0 saturated carbocycles. The molecule has 1 aliphatic rings. The first kappa shape index (κ1) is 13.6. The van der Waals surface area contributed by atoms with Gasteiger partial charge in [0.25, 0.3) is 0 Å². The molecular weight excluding hydrogens is 292 g/mol. The third-order valence-electron chi connectivity index (χ3n) is 3.39. The summed E-state index contributed by atoms with van der Waals surface area (Å²) in [7, 11) is 0. The van der Waals surface area contributed by atoms with E-state index in [2.05, 4.69) is 0 Å². The molecule has 1 heterocycles. The zero-order chi connectivity index (χ0) is 15.0. The van der Waals surface area contributed by atoms with Crippen LogP contribution in [0.15, 0.2) is 42.5 Å². The van der Waals surface area contributed by atoms with Crippen LogP contribution in [0.1, 0.15) is 38.8 Å². The average Bonchev–Trinajstić information content (AvgIpc) is 2.48. The number of ketones is 1. The first-order valence-corrected chi connectivity index (χ1v) is 6.75. The van der Waals surface area contributed by atoms with Crippen LogP contribution >= 0.6 is 11.6 Å². The number of fused-ring (bicyclic) bond motifs is 1. The van der Waals surface area contributed by atoms with E-state index in [4.69, 9.17) is 21.4 Å². The maximum Gasteiger partial charge on any atom is 0.335 e. The van der Waals surface area contributed by atoms with E-state index in [1.54, 1.807) is 30.3 Å². The van der Waals surface area contributed by atoms with Gasteiger partial charge in [-0.1, -0.05) is 23.7 Å². The Kier molecular flexibility index (Phi) is 3.39. The molecule has 21 heavy (non-hydrogen) atoms. The van der Waals surface area contributed by atoms with Gasteiger partial charge in [-0.3, -0.25) is 4.79 Å². The van der Waals surface area contributed by atoms with Crippen LogP contribution in [0.5, 0.6) is 5.75 Å². The fourth-order valence-electron chi connectivity index (χ4n) is 2.35. The van der Waals surface area contributed by atoms with Crippen molar-refractivity contribution in [3.8, 4) is 5.75 Å². The first-order chi connectivity index (χ1) is 10.0. The van der Waals surface area contributed by atoms with Gasteiger partial charge in [0.05, 0.1) is 17.5 Å². The van der Waals surface area contributed by atoms with Gasteiger partial charge >= 0.3 is 5.97 Å². The Bertz CT molecular complexity index is 739. The summed E-state index contributed by atoms with van der Waals surface area (Å²) in [6, 6.07) is 11.3. The third kappa shape index (κ3) is 2.62. The normalized spacial score (nSPS) is 17.0. The second kappa shape index (κ2) is 5.22. The number of rotatable bonds is 2. The number of carboxylic acid groups (broad SMARTS) is 1. The maximum atomic E-state index is 12.2. The summed E-state index contributed by atoms with van der Waals surface area (Å²) >= 11 is 5.88. The Morgan fingerprint density at radius 1 is 1.24 bits per heavy atom. The first-order valence-electron chi connectivity index (χ1n) is 6.37. The van der Waals surface area contributed by atoms with E-state index in [1.165, 1.54) is 12.1 Å². The number of carbonyl (C=O) groups excluding carboxylic acids is 1. The molecule has 2 aromatic rings. The van der Waals surface area contributed by atoms with E-state index in [9.17, 15) is 9.59 Å². The van der Waals surface area contributed by atoms with Crippen molar-refractivity contribution < 1.29 is 19.4 Å². The van der Waals surface area contributed by atoms with E-state index in [0.29, 0.717) is 21.9 Å². The molecule has 1 aliphatic heterocycles. The second-order valence-electron chi connectivity index (χ2n) is 4.80. The lowest BCUT2D eigenvalue weighted by atomic mass is 9.95. The summed E-state index contributed by atoms with van der Waals surface area (Å²) in [6.45, 7) is 0. The third-order valence-corrected chi connectivity index (χ3v) is 3.62. The molecule has 3 rings (SSSR count). The van der Waals surface area contributed by atoms with Crippen molar-refractivity contribution in [2.24, 2.45) is 0 Å². The summed E-state index contributed by atoms with van der Waals surface area (Å²) in [4.78, 5) is 23.2. The molecule has 106 valence electrons. The second-order valence-corrected chi connectivity index (χ2v) is 5.24. The lowest BCUT2D eigenvalue weighted by molar-refractivity contribution is 0.0696. The molecule has 0 fully saturated rings. The molecular formula is C16H11ClO4. The SMILES string of the molecule is O=C(O)c1cccc(C2CC(=O)c3cc(Cl)ccc3O2)c1. The number of carboxylic acids is 1. The number of ether oxygens (including phenoxy) is 1. The molecule has 2 aromatic carbocycles. The minimum Gasteiger partial charge on any atom is -0.484 e. The summed E-state index contributed by atoms with van der Waals surface area (Å²) in [5.74, 6) is -0.600. The van der Waals surface area contributed by atoms with E-state index < -0.39 is 12.1 Å². The summed E-state index contributed by atoms with van der Waals surface area (Å²) < 4.78 is 5.81. The largest absolute Gasteiger partial charge is 0.484 e. The predicted molar refractivity (Wildman–Crippen MR) is 77.2 cm³/mol. The molecule has 0 saturated heterocycles. The summed E-state index contributed by atoms with van der Waals surface area (Å²) in [5.41, 5.74) is 1.31. The van der Waals surface area contributed by atoms with E-state index in [-0.39, 0.29) is 17.8 Å². The van der Waals surface area contributed by atoms with Gasteiger partial charge < -0.3 is 9.84 Å². The Hall–Kier alpha value is -2.33. The Morgan fingerprint density at radius 2 is 2.05 bits per heavy atom. The minimum absolute atomic E-state index is 0.0653. The fraction of sp³-hybridized carbons (Fsp3) is 0.125. The summed E-state index contributed by atoms with van der Waals surface area (Å²) in [5, 5.41) is 9.51. The van der Waals surface area contributed by atoms with Gasteiger partial charge in [-0.25, -0.2) is 4.79 Å². The number of Topliss-reactive ketones (excluding diaryl/α,β-unsaturated/α-hetero) is 1. The average molecular weight is 303 g/mol. The van der Waals surface area contributed by atoms with Crippen molar-refractivity contribution in [3.63, 3.8) is 0 Å². The zero-order valence-corrected chi connectivity index (χ0v) is 11.6. The molecule has 0 spiro atoms. The van der Waals surface area contributed by atoms with Crippen LogP contribution in [0.4, 0.5) is 0 Å². The van der Waals surface area contributed by atoms with Crippen molar-refractivity contribution in [2.45, 2.75) is 12.5 Å². The maximum absolute atomic E-state index is 12.2. The van der Waals surface area contributed by atoms with Crippen molar-refractivity contribution >= 4 is 23.4 Å². The van der Waals surface area contributed by atoms with Gasteiger partial charge in [-0.05, 0) is 35.9 Å². The van der Waals surface area contributed by atoms with Crippen molar-refractivity contribution in [1.29, 1.82) is 0 Å². The molecule has 4 nitrogen and oxygen atoms in total. The highest BCUT2D eigenvalue weighted by atomic mass is 35.5. The Balaban J connectivity index is 1.96. The van der Waals surface area contributed by atoms with Crippen LogP contribution in [0.25, 0.3) is 0 Å². The van der Waals surface area contributed by atoms with E-state index >= 15 is 0 Å². The standard InChI is InChI=1S/C16H11ClO4/c17-11-4-5-14-12(7-11)13(18)8-15(21-14)9-2-1-3-10(6-9)16(19)20/h1-7,15H,8H2,(H,19,20). The molecule has 1 N–H and O–H groups in total. The predicted octanol–water partition coefficient (Wildman–Crippen LogP) is 3.74. The fourth-order valence-corrected chi connectivity index (χ4v) is 2.53. The van der Waals surface area contributed by atoms with Gasteiger partial charge in [-0.2, -0.15) is 0 Å².